The van der Waals surface area contributed by atoms with Gasteiger partial charge in [0.05, 0.1) is 4.83 Å². The Morgan fingerprint density at radius 3 is 2.75 bits per heavy atom. The fourth-order valence-corrected chi connectivity index (χ4v) is 1.06. The van der Waals surface area contributed by atoms with Crippen molar-refractivity contribution in [2.45, 2.75) is 11.8 Å². The monoisotopic (exact) mass is 280 g/mol. The van der Waals surface area contributed by atoms with Gasteiger partial charge < -0.3 is 5.32 Å². The molecule has 1 aromatic rings. The summed E-state index contributed by atoms with van der Waals surface area (Å²) in [6, 6.07) is 3.32. The molecule has 2 N–H and O–H groups in total. The minimum Gasteiger partial charge on any atom is -0.311 e. The minimum atomic E-state index is -0.371. The summed E-state index contributed by atoms with van der Waals surface area (Å²) >= 11 is 3.30. The molecule has 1 unspecified atom stereocenters. The van der Waals surface area contributed by atoms with Crippen molar-refractivity contribution < 1.29 is 0 Å². The van der Waals surface area contributed by atoms with Crippen molar-refractivity contribution in [3.8, 4) is 6.07 Å². The predicted octanol–water partition coefficient (Wildman–Crippen LogP) is 1.57. The molecule has 7 heteroatoms. The van der Waals surface area contributed by atoms with E-state index in [9.17, 15) is 0 Å². The minimum absolute atomic E-state index is 0.134. The molecule has 1 rings (SSSR count). The van der Waals surface area contributed by atoms with Crippen molar-refractivity contribution in [3.63, 3.8) is 0 Å². The quantitative estimate of drug-likeness (QED) is 0.488. The topological polar surface area (TPSA) is 97.8 Å². The maximum Gasteiger partial charge on any atom is 0.228 e. The summed E-state index contributed by atoms with van der Waals surface area (Å²) in [5, 5.41) is 18.5. The van der Waals surface area contributed by atoms with Gasteiger partial charge in [0.25, 0.3) is 0 Å². The standard InChI is InChI=1S/C9H9BrN6/c1-6(10)8(15-7(12)5-11)16-9-13-3-2-4-14-9/h2-4,6H,1H3,(H2,12,13,14,15,16). The third kappa shape index (κ3) is 3.74. The van der Waals surface area contributed by atoms with Crippen LogP contribution in [0.1, 0.15) is 6.92 Å². The predicted molar refractivity (Wildman–Crippen MR) is 64.8 cm³/mol. The van der Waals surface area contributed by atoms with Gasteiger partial charge in [0.1, 0.15) is 11.9 Å². The van der Waals surface area contributed by atoms with E-state index >= 15 is 0 Å². The van der Waals surface area contributed by atoms with E-state index in [0.717, 1.165) is 0 Å². The number of nitriles is 1. The molecule has 0 amide bonds. The number of rotatable bonds is 2. The van der Waals surface area contributed by atoms with Crippen molar-refractivity contribution in [2.24, 2.45) is 4.99 Å². The number of alkyl halides is 1. The molecule has 0 saturated carbocycles. The third-order valence-corrected chi connectivity index (χ3v) is 1.95. The largest absolute Gasteiger partial charge is 0.311 e. The molecule has 1 aromatic heterocycles. The smallest absolute Gasteiger partial charge is 0.228 e. The number of halogens is 1. The third-order valence-electron chi connectivity index (χ3n) is 1.52. The molecule has 0 radical (unpaired) electrons. The van der Waals surface area contributed by atoms with E-state index in [-0.39, 0.29) is 10.7 Å². The summed E-state index contributed by atoms with van der Waals surface area (Å²) in [4.78, 5) is 11.6. The van der Waals surface area contributed by atoms with Crippen LogP contribution in [0.4, 0.5) is 5.95 Å². The average Bonchev–Trinajstić information content (AvgIpc) is 2.29. The number of nitrogens with zero attached hydrogens (tertiary/aromatic N) is 4. The Morgan fingerprint density at radius 1 is 1.62 bits per heavy atom. The Hall–Kier alpha value is -1.81. The highest BCUT2D eigenvalue weighted by Gasteiger charge is 2.09. The molecule has 0 aliphatic rings. The second-order valence-corrected chi connectivity index (χ2v) is 4.14. The normalized spacial score (nSPS) is 12.7. The molecule has 82 valence electrons. The molecular weight excluding hydrogens is 272 g/mol. The number of nitrogens with one attached hydrogen (secondary N) is 2. The van der Waals surface area contributed by atoms with Crippen molar-refractivity contribution in [3.05, 3.63) is 18.5 Å². The van der Waals surface area contributed by atoms with Crippen LogP contribution in [0.15, 0.2) is 23.5 Å². The van der Waals surface area contributed by atoms with Crippen molar-refractivity contribution >= 4 is 33.5 Å². The Kier molecular flexibility index (Phi) is 4.54. The first-order valence-electron chi connectivity index (χ1n) is 4.39. The maximum atomic E-state index is 8.48. The fraction of sp³-hybridized carbons (Fsp3) is 0.222. The van der Waals surface area contributed by atoms with E-state index in [2.05, 4.69) is 36.2 Å². The lowest BCUT2D eigenvalue weighted by Gasteiger charge is -2.09. The fourth-order valence-electron chi connectivity index (χ4n) is 0.840. The highest BCUT2D eigenvalue weighted by Crippen LogP contribution is 2.04. The number of hydrogen-bond acceptors (Lipinski definition) is 4. The van der Waals surface area contributed by atoms with Crippen molar-refractivity contribution in [2.75, 3.05) is 5.32 Å². The van der Waals surface area contributed by atoms with Crippen LogP contribution < -0.4 is 5.32 Å². The van der Waals surface area contributed by atoms with Crippen LogP contribution in [0.5, 0.6) is 0 Å². The zero-order valence-electron chi connectivity index (χ0n) is 8.48. The maximum absolute atomic E-state index is 8.48. The van der Waals surface area contributed by atoms with E-state index in [1.54, 1.807) is 24.5 Å². The first-order chi connectivity index (χ1) is 7.63. The number of aromatic nitrogens is 2. The molecule has 1 atom stereocenters. The van der Waals surface area contributed by atoms with Gasteiger partial charge in [-0.3, -0.25) is 5.41 Å². The summed E-state index contributed by atoms with van der Waals surface area (Å²) in [7, 11) is 0. The van der Waals surface area contributed by atoms with Crippen LogP contribution in [0, 0.1) is 16.7 Å². The highest BCUT2D eigenvalue weighted by atomic mass is 79.9. The van der Waals surface area contributed by atoms with Gasteiger partial charge in [0.2, 0.25) is 11.8 Å². The molecule has 6 nitrogen and oxygen atoms in total. The second-order valence-electron chi connectivity index (χ2n) is 2.77. The Balaban J connectivity index is 2.86. The van der Waals surface area contributed by atoms with E-state index in [4.69, 9.17) is 10.7 Å². The summed E-state index contributed by atoms with van der Waals surface area (Å²) < 4.78 is 0. The lowest BCUT2D eigenvalue weighted by molar-refractivity contribution is 1.16. The lowest BCUT2D eigenvalue weighted by Crippen LogP contribution is -2.23. The van der Waals surface area contributed by atoms with E-state index in [1.165, 1.54) is 0 Å². The number of hydrogen-bond donors (Lipinski definition) is 2. The molecule has 0 bridgehead atoms. The molecule has 16 heavy (non-hydrogen) atoms. The van der Waals surface area contributed by atoms with Crippen LogP contribution in [-0.4, -0.2) is 26.5 Å². The summed E-state index contributed by atoms with van der Waals surface area (Å²) in [6.07, 6.45) is 3.17. The molecule has 0 aliphatic heterocycles. The number of anilines is 1. The van der Waals surface area contributed by atoms with Gasteiger partial charge in [-0.25, -0.2) is 15.0 Å². The van der Waals surface area contributed by atoms with Crippen LogP contribution in [0.3, 0.4) is 0 Å². The van der Waals surface area contributed by atoms with Crippen molar-refractivity contribution in [1.29, 1.82) is 10.7 Å². The second kappa shape index (κ2) is 5.92. The molecule has 0 spiro atoms. The van der Waals surface area contributed by atoms with Gasteiger partial charge in [0, 0.05) is 12.4 Å². The molecule has 0 fully saturated rings. The zero-order chi connectivity index (χ0) is 12.0. The Bertz CT molecular complexity index is 433. The van der Waals surface area contributed by atoms with Crippen molar-refractivity contribution in [1.82, 2.24) is 9.97 Å². The van der Waals surface area contributed by atoms with Gasteiger partial charge >= 0.3 is 0 Å². The molecule has 0 saturated heterocycles. The van der Waals surface area contributed by atoms with Crippen LogP contribution in [-0.2, 0) is 0 Å². The van der Waals surface area contributed by atoms with Gasteiger partial charge in [-0.15, -0.1) is 0 Å². The van der Waals surface area contributed by atoms with E-state index < -0.39 is 0 Å². The summed E-state index contributed by atoms with van der Waals surface area (Å²) in [6.45, 7) is 1.82. The summed E-state index contributed by atoms with van der Waals surface area (Å²) in [5.41, 5.74) is 0. The molecular formula is C9H9BrN6. The number of aliphatic imine (C=N–C) groups is 1. The molecule has 0 aromatic carbocycles. The SMILES string of the molecule is CC(Br)/C(=N/C(=N)C#N)Nc1ncccn1. The van der Waals surface area contributed by atoms with Gasteiger partial charge in [-0.05, 0) is 13.0 Å². The first kappa shape index (κ1) is 12.3. The lowest BCUT2D eigenvalue weighted by atomic mass is 10.4. The van der Waals surface area contributed by atoms with Gasteiger partial charge in [0.15, 0.2) is 0 Å². The van der Waals surface area contributed by atoms with Crippen LogP contribution in [0.25, 0.3) is 0 Å². The Morgan fingerprint density at radius 2 is 2.25 bits per heavy atom. The highest BCUT2D eigenvalue weighted by molar-refractivity contribution is 9.10. The Labute approximate surface area is 101 Å². The summed E-state index contributed by atoms with van der Waals surface area (Å²) in [5.74, 6) is 0.417. The van der Waals surface area contributed by atoms with Gasteiger partial charge in [-0.1, -0.05) is 15.9 Å². The first-order valence-corrected chi connectivity index (χ1v) is 5.30. The molecule has 1 heterocycles. The van der Waals surface area contributed by atoms with E-state index in [1.807, 2.05) is 6.92 Å². The van der Waals surface area contributed by atoms with Crippen LogP contribution >= 0.6 is 15.9 Å². The van der Waals surface area contributed by atoms with Gasteiger partial charge in [-0.2, -0.15) is 5.26 Å². The molecule has 0 aliphatic carbocycles. The van der Waals surface area contributed by atoms with E-state index in [0.29, 0.717) is 11.8 Å². The zero-order valence-corrected chi connectivity index (χ0v) is 10.1. The average molecular weight is 281 g/mol. The van der Waals surface area contributed by atoms with Crippen LogP contribution in [0.2, 0.25) is 0 Å². The number of amidine groups is 2.